The van der Waals surface area contributed by atoms with Crippen molar-refractivity contribution in [1.29, 1.82) is 0 Å². The van der Waals surface area contributed by atoms with Gasteiger partial charge in [0, 0.05) is 36.2 Å². The third kappa shape index (κ3) is 4.42. The summed E-state index contributed by atoms with van der Waals surface area (Å²) in [5.74, 6) is -0.108. The number of benzene rings is 1. The molecule has 0 saturated carbocycles. The molecule has 1 aliphatic heterocycles. The minimum absolute atomic E-state index is 0.0130. The molecule has 1 heterocycles. The van der Waals surface area contributed by atoms with Gasteiger partial charge >= 0.3 is 0 Å². The second-order valence-electron chi connectivity index (χ2n) is 5.45. The highest BCUT2D eigenvalue weighted by Crippen LogP contribution is 2.21. The van der Waals surface area contributed by atoms with Gasteiger partial charge in [0.05, 0.1) is 13.0 Å². The van der Waals surface area contributed by atoms with Gasteiger partial charge in [0.25, 0.3) is 0 Å². The highest BCUT2D eigenvalue weighted by Gasteiger charge is 2.23. The van der Waals surface area contributed by atoms with Gasteiger partial charge in [-0.05, 0) is 25.0 Å². The van der Waals surface area contributed by atoms with Crippen LogP contribution in [0.25, 0.3) is 0 Å². The summed E-state index contributed by atoms with van der Waals surface area (Å²) >= 11 is 5.99. The van der Waals surface area contributed by atoms with E-state index in [9.17, 15) is 9.18 Å². The van der Waals surface area contributed by atoms with Crippen molar-refractivity contribution in [2.45, 2.75) is 26.2 Å². The molecule has 0 spiro atoms. The number of ether oxygens (including phenoxy) is 1. The molecule has 0 aliphatic carbocycles. The van der Waals surface area contributed by atoms with Gasteiger partial charge in [-0.3, -0.25) is 4.79 Å². The summed E-state index contributed by atoms with van der Waals surface area (Å²) in [4.78, 5) is 14.3. The summed E-state index contributed by atoms with van der Waals surface area (Å²) in [7, 11) is 0. The quantitative estimate of drug-likeness (QED) is 0.806. The summed E-state index contributed by atoms with van der Waals surface area (Å²) in [6.45, 7) is 4.85. The number of nitrogens with zero attached hydrogens (tertiary/aromatic N) is 1. The average Bonchev–Trinajstić information content (AvgIpc) is 2.95. The highest BCUT2D eigenvalue weighted by molar-refractivity contribution is 6.31. The van der Waals surface area contributed by atoms with Gasteiger partial charge in [0.1, 0.15) is 5.82 Å². The van der Waals surface area contributed by atoms with Crippen LogP contribution in [0.5, 0.6) is 0 Å². The monoisotopic (exact) mass is 313 g/mol. The Hall–Kier alpha value is -1.13. The third-order valence-corrected chi connectivity index (χ3v) is 4.09. The molecule has 0 aromatic heterocycles. The van der Waals surface area contributed by atoms with Crippen molar-refractivity contribution in [3.63, 3.8) is 0 Å². The smallest absolute Gasteiger partial charge is 0.227 e. The first-order valence-corrected chi connectivity index (χ1v) is 7.78. The van der Waals surface area contributed by atoms with E-state index in [0.717, 1.165) is 19.4 Å². The van der Waals surface area contributed by atoms with E-state index in [2.05, 4.69) is 0 Å². The third-order valence-electron chi connectivity index (χ3n) is 3.74. The van der Waals surface area contributed by atoms with Gasteiger partial charge in [-0.25, -0.2) is 4.39 Å². The zero-order valence-electron chi connectivity index (χ0n) is 12.3. The number of hydrogen-bond acceptors (Lipinski definition) is 2. The predicted molar refractivity (Wildman–Crippen MR) is 80.9 cm³/mol. The number of halogens is 2. The predicted octanol–water partition coefficient (Wildman–Crippen LogP) is 3.30. The Balaban J connectivity index is 2.03. The Morgan fingerprint density at radius 2 is 2.33 bits per heavy atom. The van der Waals surface area contributed by atoms with Gasteiger partial charge in [-0.15, -0.1) is 0 Å². The topological polar surface area (TPSA) is 29.5 Å². The average molecular weight is 314 g/mol. The number of hydrogen-bond donors (Lipinski definition) is 0. The van der Waals surface area contributed by atoms with E-state index in [1.54, 1.807) is 12.1 Å². The van der Waals surface area contributed by atoms with Crippen LogP contribution in [0.3, 0.4) is 0 Å². The van der Waals surface area contributed by atoms with E-state index >= 15 is 0 Å². The summed E-state index contributed by atoms with van der Waals surface area (Å²) in [6.07, 6.45) is 1.87. The molecule has 21 heavy (non-hydrogen) atoms. The lowest BCUT2D eigenvalue weighted by Crippen LogP contribution is -2.37. The van der Waals surface area contributed by atoms with E-state index < -0.39 is 5.82 Å². The maximum absolute atomic E-state index is 13.8. The van der Waals surface area contributed by atoms with Crippen LogP contribution in [-0.2, 0) is 16.0 Å². The molecule has 1 aromatic carbocycles. The molecule has 1 fully saturated rings. The molecular weight excluding hydrogens is 293 g/mol. The Bertz CT molecular complexity index is 469. The Labute approximate surface area is 130 Å². The Kier molecular flexibility index (Phi) is 6.00. The fraction of sp³-hybridized carbons (Fsp3) is 0.562. The molecule has 1 saturated heterocycles. The lowest BCUT2D eigenvalue weighted by Gasteiger charge is -2.25. The number of amides is 1. The van der Waals surface area contributed by atoms with Gasteiger partial charge in [0.15, 0.2) is 0 Å². The fourth-order valence-corrected chi connectivity index (χ4v) is 2.82. The van der Waals surface area contributed by atoms with Crippen LogP contribution in [0.2, 0.25) is 5.02 Å². The summed E-state index contributed by atoms with van der Waals surface area (Å²) < 4.78 is 19.1. The lowest BCUT2D eigenvalue weighted by atomic mass is 10.1. The minimum atomic E-state index is -0.420. The van der Waals surface area contributed by atoms with E-state index in [1.165, 1.54) is 6.07 Å². The Morgan fingerprint density at radius 1 is 1.52 bits per heavy atom. The first kappa shape index (κ1) is 16.2. The van der Waals surface area contributed by atoms with Gasteiger partial charge in [-0.2, -0.15) is 0 Å². The van der Waals surface area contributed by atoms with E-state index in [0.29, 0.717) is 30.6 Å². The van der Waals surface area contributed by atoms with E-state index in [4.69, 9.17) is 16.3 Å². The molecule has 1 aromatic rings. The molecule has 116 valence electrons. The normalized spacial score (nSPS) is 18.0. The largest absolute Gasteiger partial charge is 0.381 e. The zero-order chi connectivity index (χ0) is 15.2. The molecule has 3 nitrogen and oxygen atoms in total. The molecule has 2 rings (SSSR count). The van der Waals surface area contributed by atoms with Crippen molar-refractivity contribution in [2.24, 2.45) is 5.92 Å². The number of carbonyl (C=O) groups is 1. The van der Waals surface area contributed by atoms with Crippen LogP contribution in [0.4, 0.5) is 4.39 Å². The van der Waals surface area contributed by atoms with Crippen LogP contribution in [0, 0.1) is 11.7 Å². The second-order valence-corrected chi connectivity index (χ2v) is 5.85. The van der Waals surface area contributed by atoms with Crippen LogP contribution in [0.1, 0.15) is 25.3 Å². The Morgan fingerprint density at radius 3 is 2.95 bits per heavy atom. The van der Waals surface area contributed by atoms with Gasteiger partial charge in [-0.1, -0.05) is 24.6 Å². The van der Waals surface area contributed by atoms with Gasteiger partial charge < -0.3 is 9.64 Å². The van der Waals surface area contributed by atoms with Crippen LogP contribution < -0.4 is 0 Å². The van der Waals surface area contributed by atoms with Crippen LogP contribution in [0.15, 0.2) is 18.2 Å². The van der Waals surface area contributed by atoms with Crippen molar-refractivity contribution in [3.8, 4) is 0 Å². The number of rotatable bonds is 6. The second kappa shape index (κ2) is 7.76. The van der Waals surface area contributed by atoms with E-state index in [1.807, 2.05) is 11.8 Å². The van der Waals surface area contributed by atoms with Crippen LogP contribution in [-0.4, -0.2) is 37.1 Å². The van der Waals surface area contributed by atoms with Crippen LogP contribution >= 0.6 is 11.6 Å². The first-order valence-electron chi connectivity index (χ1n) is 7.40. The summed E-state index contributed by atoms with van der Waals surface area (Å²) in [5.41, 5.74) is 0.285. The SMILES string of the molecule is CCCN(CC1CCOC1)C(=O)Cc1c(F)cccc1Cl. The number of carbonyl (C=O) groups excluding carboxylic acids is 1. The molecule has 1 atom stereocenters. The maximum Gasteiger partial charge on any atom is 0.227 e. The van der Waals surface area contributed by atoms with Crippen molar-refractivity contribution >= 4 is 17.5 Å². The maximum atomic E-state index is 13.8. The summed E-state index contributed by atoms with van der Waals surface area (Å²) in [5, 5.41) is 0.309. The molecule has 1 unspecified atom stereocenters. The van der Waals surface area contributed by atoms with Crippen molar-refractivity contribution in [2.75, 3.05) is 26.3 Å². The highest BCUT2D eigenvalue weighted by atomic mass is 35.5. The summed E-state index contributed by atoms with van der Waals surface area (Å²) in [6, 6.07) is 4.50. The first-order chi connectivity index (χ1) is 10.1. The standard InChI is InChI=1S/C16H21ClFNO2/c1-2-7-19(10-12-6-8-21-11-12)16(20)9-13-14(17)4-3-5-15(13)18/h3-5,12H,2,6-11H2,1H3. The fourth-order valence-electron chi connectivity index (χ4n) is 2.59. The molecular formula is C16H21ClFNO2. The molecule has 1 amide bonds. The van der Waals surface area contributed by atoms with Crippen molar-refractivity contribution in [3.05, 3.63) is 34.6 Å². The molecule has 0 N–H and O–H groups in total. The van der Waals surface area contributed by atoms with Gasteiger partial charge in [0.2, 0.25) is 5.91 Å². The lowest BCUT2D eigenvalue weighted by molar-refractivity contribution is -0.131. The van der Waals surface area contributed by atoms with Crippen molar-refractivity contribution < 1.29 is 13.9 Å². The molecule has 0 radical (unpaired) electrons. The zero-order valence-corrected chi connectivity index (χ0v) is 13.0. The molecule has 1 aliphatic rings. The minimum Gasteiger partial charge on any atom is -0.381 e. The molecule has 0 bridgehead atoms. The van der Waals surface area contributed by atoms with Crippen molar-refractivity contribution in [1.82, 2.24) is 4.90 Å². The van der Waals surface area contributed by atoms with E-state index in [-0.39, 0.29) is 17.9 Å². The molecule has 5 heteroatoms.